The van der Waals surface area contributed by atoms with E-state index in [1.807, 2.05) is 60.7 Å². The first-order valence-electron chi connectivity index (χ1n) is 7.66. The van der Waals surface area contributed by atoms with E-state index in [0.717, 1.165) is 23.0 Å². The third kappa shape index (κ3) is 4.13. The number of nitrogens with zero attached hydrogens (tertiary/aromatic N) is 2. The average molecular weight is 325 g/mol. The fraction of sp³-hybridized carbons (Fsp3) is 0.222. The van der Waals surface area contributed by atoms with Gasteiger partial charge in [0.1, 0.15) is 0 Å². The number of amides is 2. The number of rotatable bonds is 2. The van der Waals surface area contributed by atoms with Crippen molar-refractivity contribution < 1.29 is 4.79 Å². The molecular weight excluding hydrogens is 306 g/mol. The highest BCUT2D eigenvalue weighted by Gasteiger charge is 2.27. The van der Waals surface area contributed by atoms with Crippen LogP contribution in [0.15, 0.2) is 65.7 Å². The van der Waals surface area contributed by atoms with E-state index in [-0.39, 0.29) is 6.03 Å². The van der Waals surface area contributed by atoms with Gasteiger partial charge in [-0.15, -0.1) is 0 Å². The van der Waals surface area contributed by atoms with E-state index < -0.39 is 0 Å². The molecule has 4 nitrogen and oxygen atoms in total. The van der Waals surface area contributed by atoms with Crippen LogP contribution >= 0.6 is 11.8 Å². The van der Waals surface area contributed by atoms with E-state index in [2.05, 4.69) is 17.2 Å². The zero-order valence-electron chi connectivity index (χ0n) is 13.0. The van der Waals surface area contributed by atoms with Crippen molar-refractivity contribution in [1.82, 2.24) is 4.90 Å². The first-order valence-corrected chi connectivity index (χ1v) is 8.54. The normalized spacial score (nSPS) is 19.6. The summed E-state index contributed by atoms with van der Waals surface area (Å²) in [7, 11) is 0. The third-order valence-electron chi connectivity index (χ3n) is 3.55. The van der Waals surface area contributed by atoms with Gasteiger partial charge in [-0.2, -0.15) is 0 Å². The van der Waals surface area contributed by atoms with Crippen molar-refractivity contribution in [2.24, 2.45) is 4.99 Å². The zero-order valence-corrected chi connectivity index (χ0v) is 13.8. The maximum absolute atomic E-state index is 12.6. The van der Waals surface area contributed by atoms with Crippen molar-refractivity contribution in [3.05, 3.63) is 60.7 Å². The van der Waals surface area contributed by atoms with Gasteiger partial charge < -0.3 is 5.32 Å². The standard InChI is InChI=1S/C18H19N3OS/c1-14-12-13-21(17(22)19-15-8-4-2-5-9-15)18(23-14)20-16-10-6-3-7-11-16/h2-11,14H,12-13H2,1H3,(H,19,22). The van der Waals surface area contributed by atoms with E-state index in [0.29, 0.717) is 11.8 Å². The van der Waals surface area contributed by atoms with Crippen molar-refractivity contribution in [2.45, 2.75) is 18.6 Å². The number of thioether (sulfide) groups is 1. The largest absolute Gasteiger partial charge is 0.327 e. The second-order valence-corrected chi connectivity index (χ2v) is 6.80. The molecule has 0 bridgehead atoms. The number of carbonyl (C=O) groups excluding carboxylic acids is 1. The molecule has 1 aliphatic heterocycles. The van der Waals surface area contributed by atoms with Crippen LogP contribution in [0.25, 0.3) is 0 Å². The number of hydrogen-bond donors (Lipinski definition) is 1. The van der Waals surface area contributed by atoms with E-state index in [9.17, 15) is 4.79 Å². The van der Waals surface area contributed by atoms with E-state index in [1.54, 1.807) is 16.7 Å². The molecule has 1 saturated heterocycles. The zero-order chi connectivity index (χ0) is 16.1. The molecule has 2 aromatic rings. The van der Waals surface area contributed by atoms with Gasteiger partial charge in [0.05, 0.1) is 5.69 Å². The summed E-state index contributed by atoms with van der Waals surface area (Å²) in [6, 6.07) is 19.1. The topological polar surface area (TPSA) is 44.7 Å². The summed E-state index contributed by atoms with van der Waals surface area (Å²) in [6.07, 6.45) is 0.959. The molecule has 1 heterocycles. The second-order valence-electron chi connectivity index (χ2n) is 5.39. The number of anilines is 1. The molecule has 3 rings (SSSR count). The quantitative estimate of drug-likeness (QED) is 0.867. The number of carbonyl (C=O) groups is 1. The Hall–Kier alpha value is -2.27. The molecule has 1 aliphatic rings. The Labute approximate surface area is 140 Å². The molecule has 1 unspecified atom stereocenters. The lowest BCUT2D eigenvalue weighted by molar-refractivity contribution is 0.233. The summed E-state index contributed by atoms with van der Waals surface area (Å²) in [5, 5.41) is 4.14. The van der Waals surface area contributed by atoms with Gasteiger partial charge in [0, 0.05) is 17.5 Å². The van der Waals surface area contributed by atoms with Crippen LogP contribution in [0, 0.1) is 0 Å². The van der Waals surface area contributed by atoms with E-state index in [4.69, 9.17) is 0 Å². The molecule has 2 amide bonds. The number of aliphatic imine (C=N–C) groups is 1. The smallest absolute Gasteiger partial charge is 0.307 e. The van der Waals surface area contributed by atoms with Gasteiger partial charge in [0.2, 0.25) is 0 Å². The first kappa shape index (κ1) is 15.6. The predicted molar refractivity (Wildman–Crippen MR) is 97.4 cm³/mol. The number of amidine groups is 1. The minimum Gasteiger partial charge on any atom is -0.307 e. The lowest BCUT2D eigenvalue weighted by Gasteiger charge is -2.31. The average Bonchev–Trinajstić information content (AvgIpc) is 2.57. The van der Waals surface area contributed by atoms with Crippen LogP contribution < -0.4 is 5.32 Å². The number of nitrogens with one attached hydrogen (secondary N) is 1. The van der Waals surface area contributed by atoms with Crippen molar-refractivity contribution in [2.75, 3.05) is 11.9 Å². The van der Waals surface area contributed by atoms with Crippen LogP contribution in [0.3, 0.4) is 0 Å². The lowest BCUT2D eigenvalue weighted by atomic mass is 10.3. The number of hydrogen-bond acceptors (Lipinski definition) is 3. The van der Waals surface area contributed by atoms with Crippen molar-refractivity contribution in [3.63, 3.8) is 0 Å². The number of benzene rings is 2. The van der Waals surface area contributed by atoms with E-state index >= 15 is 0 Å². The molecule has 0 aromatic heterocycles. The Morgan fingerprint density at radius 1 is 1.13 bits per heavy atom. The Morgan fingerprint density at radius 2 is 1.78 bits per heavy atom. The summed E-state index contributed by atoms with van der Waals surface area (Å²) in [4.78, 5) is 19.0. The Bertz CT molecular complexity index is 688. The maximum Gasteiger partial charge on any atom is 0.327 e. The van der Waals surface area contributed by atoms with Crippen molar-refractivity contribution >= 4 is 34.3 Å². The minimum atomic E-state index is -0.134. The lowest BCUT2D eigenvalue weighted by Crippen LogP contribution is -2.43. The van der Waals surface area contributed by atoms with Crippen molar-refractivity contribution in [1.29, 1.82) is 0 Å². The molecule has 1 N–H and O–H groups in total. The molecule has 0 radical (unpaired) electrons. The summed E-state index contributed by atoms with van der Waals surface area (Å²) in [6.45, 7) is 2.84. The Kier molecular flexibility index (Phi) is 4.98. The molecule has 2 aromatic carbocycles. The first-order chi connectivity index (χ1) is 11.2. The van der Waals surface area contributed by atoms with Crippen LogP contribution in [-0.4, -0.2) is 27.9 Å². The van der Waals surface area contributed by atoms with Gasteiger partial charge in [-0.3, -0.25) is 4.90 Å². The second kappa shape index (κ2) is 7.33. The highest BCUT2D eigenvalue weighted by atomic mass is 32.2. The van der Waals surface area contributed by atoms with Crippen molar-refractivity contribution in [3.8, 4) is 0 Å². The van der Waals surface area contributed by atoms with Crippen LogP contribution in [0.1, 0.15) is 13.3 Å². The summed E-state index contributed by atoms with van der Waals surface area (Å²) >= 11 is 1.64. The molecule has 1 atom stereocenters. The number of para-hydroxylation sites is 2. The summed E-state index contributed by atoms with van der Waals surface area (Å²) in [5.74, 6) is 0. The van der Waals surface area contributed by atoms with E-state index in [1.165, 1.54) is 0 Å². The van der Waals surface area contributed by atoms with Gasteiger partial charge in [-0.25, -0.2) is 9.79 Å². The minimum absolute atomic E-state index is 0.134. The Morgan fingerprint density at radius 3 is 2.48 bits per heavy atom. The predicted octanol–water partition coefficient (Wildman–Crippen LogP) is 4.73. The SMILES string of the molecule is CC1CCN(C(=O)Nc2ccccc2)C(=Nc2ccccc2)S1. The molecule has 1 fully saturated rings. The Balaban J connectivity index is 1.80. The molecule has 23 heavy (non-hydrogen) atoms. The molecule has 0 aliphatic carbocycles. The molecular formula is C18H19N3OS. The number of urea groups is 1. The van der Waals surface area contributed by atoms with Gasteiger partial charge in [-0.05, 0) is 30.7 Å². The monoisotopic (exact) mass is 325 g/mol. The van der Waals surface area contributed by atoms with Gasteiger partial charge in [-0.1, -0.05) is 55.1 Å². The molecule has 5 heteroatoms. The highest BCUT2D eigenvalue weighted by Crippen LogP contribution is 2.28. The summed E-state index contributed by atoms with van der Waals surface area (Å²) < 4.78 is 0. The van der Waals surface area contributed by atoms with Crippen LogP contribution in [0.2, 0.25) is 0 Å². The van der Waals surface area contributed by atoms with Crippen LogP contribution in [0.5, 0.6) is 0 Å². The van der Waals surface area contributed by atoms with Crippen LogP contribution in [0.4, 0.5) is 16.2 Å². The molecule has 0 spiro atoms. The van der Waals surface area contributed by atoms with Gasteiger partial charge in [0.25, 0.3) is 0 Å². The van der Waals surface area contributed by atoms with Gasteiger partial charge in [0.15, 0.2) is 5.17 Å². The van der Waals surface area contributed by atoms with Gasteiger partial charge >= 0.3 is 6.03 Å². The summed E-state index contributed by atoms with van der Waals surface area (Å²) in [5.41, 5.74) is 1.65. The molecule has 0 saturated carbocycles. The highest BCUT2D eigenvalue weighted by molar-refractivity contribution is 8.14. The van der Waals surface area contributed by atoms with Crippen LogP contribution in [-0.2, 0) is 0 Å². The third-order valence-corrected chi connectivity index (χ3v) is 4.71. The fourth-order valence-corrected chi connectivity index (χ4v) is 3.35. The molecule has 118 valence electrons. The fourth-order valence-electron chi connectivity index (χ4n) is 2.31. The maximum atomic E-state index is 12.6.